The lowest BCUT2D eigenvalue weighted by Gasteiger charge is -2.26. The van der Waals surface area contributed by atoms with E-state index in [1.54, 1.807) is 13.2 Å². The number of rotatable bonds is 5. The van der Waals surface area contributed by atoms with Crippen LogP contribution >= 0.6 is 0 Å². The van der Waals surface area contributed by atoms with Crippen molar-refractivity contribution in [2.45, 2.75) is 39.2 Å². The molecule has 3 aromatic carbocycles. The second-order valence-corrected chi connectivity index (χ2v) is 10.6. The molecule has 2 amide bonds. The molecule has 4 aromatic rings. The Bertz CT molecular complexity index is 1460. The van der Waals surface area contributed by atoms with E-state index in [-0.39, 0.29) is 17.2 Å². The van der Waals surface area contributed by atoms with Crippen molar-refractivity contribution in [2.75, 3.05) is 19.0 Å². The molecule has 6 heteroatoms. The first-order valence-corrected chi connectivity index (χ1v) is 12.8. The number of benzene rings is 3. The van der Waals surface area contributed by atoms with Crippen molar-refractivity contribution in [1.29, 1.82) is 0 Å². The van der Waals surface area contributed by atoms with Gasteiger partial charge >= 0.3 is 0 Å². The molecule has 0 radical (unpaired) electrons. The van der Waals surface area contributed by atoms with Gasteiger partial charge in [0.1, 0.15) is 17.3 Å². The minimum absolute atomic E-state index is 0.0227. The molecular weight excluding hydrogens is 476 g/mol. The van der Waals surface area contributed by atoms with Crippen LogP contribution in [0.15, 0.2) is 83.3 Å². The number of hydrogen-bond acceptors (Lipinski definition) is 4. The predicted octanol–water partition coefficient (Wildman–Crippen LogP) is 6.70. The third-order valence-electron chi connectivity index (χ3n) is 6.91. The van der Waals surface area contributed by atoms with Crippen LogP contribution < -0.4 is 10.1 Å². The van der Waals surface area contributed by atoms with E-state index in [2.05, 4.69) is 26.1 Å². The summed E-state index contributed by atoms with van der Waals surface area (Å²) in [6.07, 6.45) is 0.660. The monoisotopic (exact) mass is 508 g/mol. The zero-order valence-corrected chi connectivity index (χ0v) is 22.2. The smallest absolute Gasteiger partial charge is 0.255 e. The molecule has 38 heavy (non-hydrogen) atoms. The molecule has 0 aliphatic carbocycles. The highest BCUT2D eigenvalue weighted by Crippen LogP contribution is 2.31. The van der Waals surface area contributed by atoms with Gasteiger partial charge < -0.3 is 19.4 Å². The van der Waals surface area contributed by atoms with Crippen LogP contribution in [-0.2, 0) is 18.4 Å². The van der Waals surface area contributed by atoms with Gasteiger partial charge in [0.05, 0.1) is 7.11 Å². The lowest BCUT2D eigenvalue weighted by atomic mass is 9.87. The van der Waals surface area contributed by atoms with Crippen LogP contribution in [0, 0.1) is 0 Å². The molecule has 1 N–H and O–H groups in total. The van der Waals surface area contributed by atoms with Gasteiger partial charge in [0.25, 0.3) is 11.8 Å². The number of methoxy groups -OCH3 is 1. The molecule has 0 fully saturated rings. The predicted molar refractivity (Wildman–Crippen MR) is 149 cm³/mol. The SMILES string of the molecule is COc1cccc(C(=O)N2CCc3oc(-c4ccc(NC(=O)c5ccc(C(C)(C)C)cc5)cc4)cc3C2)c1. The maximum Gasteiger partial charge on any atom is 0.255 e. The summed E-state index contributed by atoms with van der Waals surface area (Å²) in [5.41, 5.74) is 5.10. The molecule has 6 nitrogen and oxygen atoms in total. The van der Waals surface area contributed by atoms with Gasteiger partial charge in [0.15, 0.2) is 0 Å². The van der Waals surface area contributed by atoms with Crippen molar-refractivity contribution in [3.8, 4) is 17.1 Å². The minimum atomic E-state index is -0.146. The Kier molecular flexibility index (Phi) is 6.81. The molecule has 0 saturated carbocycles. The maximum absolute atomic E-state index is 13.0. The van der Waals surface area contributed by atoms with E-state index in [4.69, 9.17) is 9.15 Å². The summed E-state index contributed by atoms with van der Waals surface area (Å²) in [5.74, 6) is 2.15. The lowest BCUT2D eigenvalue weighted by Crippen LogP contribution is -2.35. The van der Waals surface area contributed by atoms with Crippen molar-refractivity contribution in [2.24, 2.45) is 0 Å². The molecule has 0 unspecified atom stereocenters. The molecule has 1 aliphatic heterocycles. The second kappa shape index (κ2) is 10.2. The summed E-state index contributed by atoms with van der Waals surface area (Å²) >= 11 is 0. The largest absolute Gasteiger partial charge is 0.497 e. The van der Waals surface area contributed by atoms with Crippen LogP contribution in [0.5, 0.6) is 5.75 Å². The fraction of sp³-hybridized carbons (Fsp3) is 0.250. The Morgan fingerprint density at radius 1 is 0.921 bits per heavy atom. The summed E-state index contributed by atoms with van der Waals surface area (Å²) in [5, 5.41) is 2.96. The number of amides is 2. The molecule has 0 saturated heterocycles. The van der Waals surface area contributed by atoms with Gasteiger partial charge in [-0.15, -0.1) is 0 Å². The number of carbonyl (C=O) groups is 2. The summed E-state index contributed by atoms with van der Waals surface area (Å²) in [6.45, 7) is 7.54. The number of ether oxygens (including phenoxy) is 1. The number of fused-ring (bicyclic) bond motifs is 1. The first kappa shape index (κ1) is 25.3. The summed E-state index contributed by atoms with van der Waals surface area (Å²) < 4.78 is 11.4. The molecule has 1 aliphatic rings. The molecule has 0 bridgehead atoms. The summed E-state index contributed by atoms with van der Waals surface area (Å²) in [6, 6.07) is 24.6. The van der Waals surface area contributed by atoms with Gasteiger partial charge in [-0.25, -0.2) is 0 Å². The van der Waals surface area contributed by atoms with Crippen LogP contribution in [0.4, 0.5) is 5.69 Å². The number of nitrogens with one attached hydrogen (secondary N) is 1. The third-order valence-corrected chi connectivity index (χ3v) is 6.91. The van der Waals surface area contributed by atoms with Crippen LogP contribution in [0.2, 0.25) is 0 Å². The maximum atomic E-state index is 13.0. The van der Waals surface area contributed by atoms with E-state index in [0.717, 1.165) is 22.6 Å². The topological polar surface area (TPSA) is 71.8 Å². The number of nitrogens with zero attached hydrogens (tertiary/aromatic N) is 1. The molecule has 194 valence electrons. The fourth-order valence-electron chi connectivity index (χ4n) is 4.63. The van der Waals surface area contributed by atoms with E-state index in [1.165, 1.54) is 5.56 Å². The molecular formula is C32H32N2O4. The van der Waals surface area contributed by atoms with Crippen molar-refractivity contribution < 1.29 is 18.7 Å². The van der Waals surface area contributed by atoms with Gasteiger partial charge in [-0.3, -0.25) is 9.59 Å². The van der Waals surface area contributed by atoms with Crippen LogP contribution in [0.25, 0.3) is 11.3 Å². The highest BCUT2D eigenvalue weighted by molar-refractivity contribution is 6.04. The number of furan rings is 1. The Hall–Kier alpha value is -4.32. The van der Waals surface area contributed by atoms with Crippen LogP contribution in [0.1, 0.15) is 58.4 Å². The normalized spacial score (nSPS) is 13.1. The molecule has 5 rings (SSSR count). The van der Waals surface area contributed by atoms with Crippen molar-refractivity contribution in [3.05, 3.63) is 107 Å². The first-order valence-electron chi connectivity index (χ1n) is 12.8. The second-order valence-electron chi connectivity index (χ2n) is 10.6. The molecule has 1 aromatic heterocycles. The summed E-state index contributed by atoms with van der Waals surface area (Å²) in [7, 11) is 1.59. The number of hydrogen-bond donors (Lipinski definition) is 1. The Morgan fingerprint density at radius 2 is 1.66 bits per heavy atom. The van der Waals surface area contributed by atoms with Crippen LogP contribution in [-0.4, -0.2) is 30.4 Å². The van der Waals surface area contributed by atoms with Crippen molar-refractivity contribution in [1.82, 2.24) is 4.90 Å². The van der Waals surface area contributed by atoms with E-state index in [1.807, 2.05) is 77.7 Å². The van der Waals surface area contributed by atoms with Gasteiger partial charge in [0, 0.05) is 47.5 Å². The molecule has 2 heterocycles. The van der Waals surface area contributed by atoms with Gasteiger partial charge in [-0.2, -0.15) is 0 Å². The van der Waals surface area contributed by atoms with E-state index < -0.39 is 0 Å². The quantitative estimate of drug-likeness (QED) is 0.325. The van der Waals surface area contributed by atoms with E-state index in [9.17, 15) is 9.59 Å². The zero-order chi connectivity index (χ0) is 26.9. The van der Waals surface area contributed by atoms with Gasteiger partial charge in [0.2, 0.25) is 0 Å². The first-order chi connectivity index (χ1) is 18.2. The number of carbonyl (C=O) groups excluding carboxylic acids is 2. The van der Waals surface area contributed by atoms with Gasteiger partial charge in [-0.1, -0.05) is 39.0 Å². The highest BCUT2D eigenvalue weighted by atomic mass is 16.5. The van der Waals surface area contributed by atoms with Gasteiger partial charge in [-0.05, 0) is 71.6 Å². The zero-order valence-electron chi connectivity index (χ0n) is 22.2. The average molecular weight is 509 g/mol. The summed E-state index contributed by atoms with van der Waals surface area (Å²) in [4.78, 5) is 27.6. The fourth-order valence-corrected chi connectivity index (χ4v) is 4.63. The van der Waals surface area contributed by atoms with Crippen molar-refractivity contribution >= 4 is 17.5 Å². The van der Waals surface area contributed by atoms with E-state index >= 15 is 0 Å². The minimum Gasteiger partial charge on any atom is -0.497 e. The average Bonchev–Trinajstić information content (AvgIpc) is 3.36. The third kappa shape index (κ3) is 5.35. The van der Waals surface area contributed by atoms with Crippen LogP contribution in [0.3, 0.4) is 0 Å². The van der Waals surface area contributed by atoms with E-state index in [0.29, 0.717) is 42.1 Å². The Labute approximate surface area is 223 Å². The number of anilines is 1. The molecule has 0 atom stereocenters. The Balaban J connectivity index is 1.25. The molecule has 0 spiro atoms. The standard InChI is InChI=1S/C32H32N2O4/c1-32(2,3)25-12-8-22(9-13-25)30(35)33-26-14-10-21(11-15-26)29-19-24-20-34(17-16-28(24)38-29)31(36)23-6-5-7-27(18-23)37-4/h5-15,18-19H,16-17,20H2,1-4H3,(H,33,35). The lowest BCUT2D eigenvalue weighted by molar-refractivity contribution is 0.0729. The Morgan fingerprint density at radius 3 is 2.34 bits per heavy atom. The van der Waals surface area contributed by atoms with Crippen molar-refractivity contribution in [3.63, 3.8) is 0 Å². The highest BCUT2D eigenvalue weighted by Gasteiger charge is 2.25.